The minimum atomic E-state index is -5.62. The van der Waals surface area contributed by atoms with Gasteiger partial charge in [0.1, 0.15) is 0 Å². The Hall–Kier alpha value is 1.97. The van der Waals surface area contributed by atoms with Gasteiger partial charge in [0, 0.05) is 4.70 Å². The van der Waals surface area contributed by atoms with Crippen molar-refractivity contribution >= 4 is 0 Å². The van der Waals surface area contributed by atoms with Crippen LogP contribution in [-0.2, 0) is 21.0 Å². The van der Waals surface area contributed by atoms with Gasteiger partial charge in [0.15, 0.2) is 0 Å². The molecule has 8 heteroatoms. The van der Waals surface area contributed by atoms with E-state index in [2.05, 4.69) is 0 Å². The molecule has 0 aliphatic rings. The molecule has 0 N–H and O–H groups in total. The average molecular weight is 184 g/mol. The van der Waals surface area contributed by atoms with E-state index in [0.717, 1.165) is 0 Å². The van der Waals surface area contributed by atoms with Crippen LogP contribution in [0.15, 0.2) is 0 Å². The van der Waals surface area contributed by atoms with E-state index in [1.54, 1.807) is 0 Å². The zero-order valence-electron chi connectivity index (χ0n) is 4.39. The number of rotatable bonds is 0. The molecule has 0 saturated heterocycles. The van der Waals surface area contributed by atoms with E-state index in [0.29, 0.717) is 0 Å². The topological polar surface area (TPSA) is 80.3 Å². The molecule has 40 valence electrons. The van der Waals surface area contributed by atoms with Crippen LogP contribution in [-0.4, -0.2) is 0 Å². The molecule has 0 bridgehead atoms. The average Bonchev–Trinajstić information content (AvgIpc) is 0.722. The summed E-state index contributed by atoms with van der Waals surface area (Å²) >= 11 is -5.62. The first-order valence-electron chi connectivity index (χ1n) is 0.617. The van der Waals surface area contributed by atoms with Gasteiger partial charge in [-0.3, -0.25) is 0 Å². The Morgan fingerprint density at radius 3 is 1.00 bits per heavy atom. The van der Waals surface area contributed by atoms with Crippen molar-refractivity contribution in [1.29, 1.82) is 0 Å². The molecular weight excluding hydrogens is 184 g/mol. The molecule has 0 fully saturated rings. The molecule has 0 spiro atoms. The Bertz CT molecular complexity index is 97.2. The third kappa shape index (κ3) is 99.8. The zero-order chi connectivity index (χ0) is 4.50. The van der Waals surface area contributed by atoms with Gasteiger partial charge in [-0.15, -0.1) is 0 Å². The predicted octanol–water partition coefficient (Wildman–Crippen LogP) is -8.19. The molecule has 4 nitrogen and oxygen atoms in total. The van der Waals surface area contributed by atoms with Gasteiger partial charge >= 0.3 is 88.5 Å². The first-order chi connectivity index (χ1) is 2.00. The van der Waals surface area contributed by atoms with Crippen LogP contribution in [0.3, 0.4) is 0 Å². The molecule has 1 radical (unpaired) electrons. The first kappa shape index (κ1) is 22.5. The standard InChI is InChI=1S/F.Mn.2Na.4O/q;;2*+1;;;2*-1. The molecule has 0 amide bonds. The van der Waals surface area contributed by atoms with Crippen molar-refractivity contribution in [2.75, 3.05) is 0 Å². The van der Waals surface area contributed by atoms with Crippen LogP contribution in [0.1, 0.15) is 0 Å². The van der Waals surface area contributed by atoms with Crippen molar-refractivity contribution in [3.8, 4) is 0 Å². The second kappa shape index (κ2) is 8.97. The molecule has 8 heavy (non-hydrogen) atoms. The van der Waals surface area contributed by atoms with Crippen LogP contribution < -0.4 is 67.5 Å². The molecule has 0 saturated carbocycles. The summed E-state index contributed by atoms with van der Waals surface area (Å²) in [6, 6.07) is 0. The number of halogens is 1. The first-order valence-corrected chi connectivity index (χ1v) is 2.54. The van der Waals surface area contributed by atoms with Crippen molar-refractivity contribution in [3.05, 3.63) is 0 Å². The van der Waals surface area contributed by atoms with E-state index >= 15 is 0 Å². The van der Waals surface area contributed by atoms with Gasteiger partial charge < -0.3 is 0 Å². The second-order valence-corrected chi connectivity index (χ2v) is 1.56. The van der Waals surface area contributed by atoms with Gasteiger partial charge in [0.25, 0.3) is 0 Å². The van der Waals surface area contributed by atoms with Crippen LogP contribution in [0.2, 0.25) is 0 Å². The van der Waals surface area contributed by atoms with Crippen LogP contribution in [0.5, 0.6) is 0 Å². The molecule has 0 atom stereocenters. The number of hydrogen-bond donors (Lipinski definition) is 0. The summed E-state index contributed by atoms with van der Waals surface area (Å²) in [4.78, 5) is 0. The van der Waals surface area contributed by atoms with E-state index in [4.69, 9.17) is 16.0 Å². The minimum absolute atomic E-state index is 0. The summed E-state index contributed by atoms with van der Waals surface area (Å²) in [7, 11) is 0. The van der Waals surface area contributed by atoms with E-state index < -0.39 is 13.4 Å². The normalized spacial score (nSPS) is 7.25. The van der Waals surface area contributed by atoms with Gasteiger partial charge in [0.2, 0.25) is 0 Å². The fourth-order valence-corrected chi connectivity index (χ4v) is 0. The predicted molar refractivity (Wildman–Crippen MR) is 2.48 cm³/mol. The number of hydrogen-bond acceptors (Lipinski definition) is 4. The van der Waals surface area contributed by atoms with E-state index in [9.17, 15) is 0 Å². The molecule has 0 aromatic rings. The second-order valence-electron chi connectivity index (χ2n) is 0.378. The molecule has 0 aromatic heterocycles. The van der Waals surface area contributed by atoms with Crippen molar-refractivity contribution in [2.24, 2.45) is 0 Å². The Labute approximate surface area is 91.9 Å². The Morgan fingerprint density at radius 2 is 1.00 bits per heavy atom. The van der Waals surface area contributed by atoms with Crippen molar-refractivity contribution < 1.29 is 93.2 Å². The summed E-state index contributed by atoms with van der Waals surface area (Å²) < 4.78 is 34.3. The summed E-state index contributed by atoms with van der Waals surface area (Å²) in [6.07, 6.45) is 0. The van der Waals surface area contributed by atoms with Gasteiger partial charge in [-0.25, -0.2) is 0 Å². The summed E-state index contributed by atoms with van der Waals surface area (Å²) in [5, 5.41) is 0. The van der Waals surface area contributed by atoms with Crippen LogP contribution in [0.25, 0.3) is 0 Å². The summed E-state index contributed by atoms with van der Waals surface area (Å²) in [5.74, 6) is 0. The quantitative estimate of drug-likeness (QED) is 0.350. The van der Waals surface area contributed by atoms with Crippen molar-refractivity contribution in [3.63, 3.8) is 0 Å². The third-order valence-electron chi connectivity index (χ3n) is 0. The van der Waals surface area contributed by atoms with Crippen molar-refractivity contribution in [2.45, 2.75) is 0 Å². The Morgan fingerprint density at radius 1 is 1.00 bits per heavy atom. The SMILES string of the molecule is [F].[Na+].[Na+].[O]=[Mn](=[O])([O-])[O-]. The van der Waals surface area contributed by atoms with Crippen LogP contribution >= 0.6 is 0 Å². The third-order valence-corrected chi connectivity index (χ3v) is 0. The maximum atomic E-state index is 8.58. The van der Waals surface area contributed by atoms with Gasteiger partial charge in [-0.1, -0.05) is 0 Å². The molecule has 0 aliphatic carbocycles. The van der Waals surface area contributed by atoms with Gasteiger partial charge in [0.05, 0.1) is 0 Å². The fourth-order valence-electron chi connectivity index (χ4n) is 0. The summed E-state index contributed by atoms with van der Waals surface area (Å²) in [5.41, 5.74) is 0. The molecule has 0 heterocycles. The van der Waals surface area contributed by atoms with Crippen molar-refractivity contribution in [1.82, 2.24) is 0 Å². The van der Waals surface area contributed by atoms with Gasteiger partial charge in [-0.2, -0.15) is 0 Å². The monoisotopic (exact) mass is 184 g/mol. The van der Waals surface area contributed by atoms with Gasteiger partial charge in [-0.05, 0) is 0 Å². The van der Waals surface area contributed by atoms with E-state index in [-0.39, 0.29) is 63.8 Å². The van der Waals surface area contributed by atoms with Crippen LogP contribution in [0.4, 0.5) is 4.70 Å². The summed E-state index contributed by atoms with van der Waals surface area (Å²) in [6.45, 7) is 0. The molecule has 0 aromatic carbocycles. The Kier molecular flexibility index (Phi) is 25.2. The molecule has 0 unspecified atom stereocenters. The Balaban J connectivity index is -0.0000000267. The maximum absolute atomic E-state index is 8.58. The van der Waals surface area contributed by atoms with Crippen LogP contribution in [0, 0.1) is 0 Å². The molecule has 0 rings (SSSR count). The van der Waals surface area contributed by atoms with E-state index in [1.165, 1.54) is 0 Å². The zero-order valence-corrected chi connectivity index (χ0v) is 9.57. The molecular formula is FMnNa2O4. The molecule has 0 aliphatic heterocycles. The fraction of sp³-hybridized carbons (Fsp3) is 0. The van der Waals surface area contributed by atoms with E-state index in [1.807, 2.05) is 0 Å².